The number of rotatable bonds is 3. The summed E-state index contributed by atoms with van der Waals surface area (Å²) in [6, 6.07) is 9.48. The van der Waals surface area contributed by atoms with E-state index in [0.717, 1.165) is 21.5 Å². The molecular formula is C13H13BrN2O. The lowest BCUT2D eigenvalue weighted by Gasteiger charge is -2.09. The predicted octanol–water partition coefficient (Wildman–Crippen LogP) is 3.31. The first-order valence-corrected chi connectivity index (χ1v) is 6.04. The van der Waals surface area contributed by atoms with Crippen LogP contribution in [0.4, 0.5) is 5.69 Å². The number of nitrogens with two attached hydrogens (primary N) is 1. The van der Waals surface area contributed by atoms with Gasteiger partial charge in [0, 0.05) is 16.4 Å². The number of aromatic nitrogens is 1. The van der Waals surface area contributed by atoms with Gasteiger partial charge < -0.3 is 10.5 Å². The van der Waals surface area contributed by atoms with Crippen LogP contribution in [0.3, 0.4) is 0 Å². The SMILES string of the molecule is Cc1cc(Br)ccc1OCc1cc(N)ccn1. The van der Waals surface area contributed by atoms with E-state index < -0.39 is 0 Å². The zero-order valence-electron chi connectivity index (χ0n) is 9.48. The summed E-state index contributed by atoms with van der Waals surface area (Å²) in [6.07, 6.45) is 1.68. The lowest BCUT2D eigenvalue weighted by molar-refractivity contribution is 0.299. The van der Waals surface area contributed by atoms with Crippen molar-refractivity contribution in [2.45, 2.75) is 13.5 Å². The highest BCUT2D eigenvalue weighted by Gasteiger charge is 2.01. The molecule has 0 saturated carbocycles. The van der Waals surface area contributed by atoms with Crippen molar-refractivity contribution >= 4 is 21.6 Å². The molecule has 17 heavy (non-hydrogen) atoms. The van der Waals surface area contributed by atoms with E-state index in [1.165, 1.54) is 0 Å². The second-order valence-corrected chi connectivity index (χ2v) is 4.69. The first kappa shape index (κ1) is 11.9. The molecule has 0 spiro atoms. The Labute approximate surface area is 109 Å². The molecule has 0 aliphatic rings. The van der Waals surface area contributed by atoms with E-state index in [1.54, 1.807) is 12.3 Å². The molecule has 2 aromatic rings. The summed E-state index contributed by atoms with van der Waals surface area (Å²) < 4.78 is 6.74. The number of aryl methyl sites for hydroxylation is 1. The van der Waals surface area contributed by atoms with E-state index in [0.29, 0.717) is 12.3 Å². The van der Waals surface area contributed by atoms with Crippen LogP contribution in [0.25, 0.3) is 0 Å². The van der Waals surface area contributed by atoms with Gasteiger partial charge in [-0.05, 0) is 42.8 Å². The van der Waals surface area contributed by atoms with Gasteiger partial charge in [-0.1, -0.05) is 15.9 Å². The monoisotopic (exact) mass is 292 g/mol. The molecule has 0 bridgehead atoms. The fraction of sp³-hybridized carbons (Fsp3) is 0.154. The summed E-state index contributed by atoms with van der Waals surface area (Å²) in [5.41, 5.74) is 8.29. The van der Waals surface area contributed by atoms with Crippen molar-refractivity contribution in [1.29, 1.82) is 0 Å². The highest BCUT2D eigenvalue weighted by atomic mass is 79.9. The van der Waals surface area contributed by atoms with Gasteiger partial charge in [0.25, 0.3) is 0 Å². The fourth-order valence-corrected chi connectivity index (χ4v) is 1.98. The van der Waals surface area contributed by atoms with E-state index in [9.17, 15) is 0 Å². The second kappa shape index (κ2) is 5.19. The maximum Gasteiger partial charge on any atom is 0.130 e. The van der Waals surface area contributed by atoms with E-state index in [4.69, 9.17) is 10.5 Å². The summed E-state index contributed by atoms with van der Waals surface area (Å²) in [4.78, 5) is 4.19. The van der Waals surface area contributed by atoms with Gasteiger partial charge in [0.2, 0.25) is 0 Å². The lowest BCUT2D eigenvalue weighted by atomic mass is 10.2. The smallest absolute Gasteiger partial charge is 0.130 e. The maximum atomic E-state index is 5.69. The molecule has 2 N–H and O–H groups in total. The zero-order valence-corrected chi connectivity index (χ0v) is 11.1. The van der Waals surface area contributed by atoms with Gasteiger partial charge in [0.1, 0.15) is 12.4 Å². The van der Waals surface area contributed by atoms with Crippen molar-refractivity contribution in [3.05, 3.63) is 52.3 Å². The Kier molecular flexibility index (Phi) is 3.64. The van der Waals surface area contributed by atoms with Crippen LogP contribution >= 0.6 is 15.9 Å². The number of nitrogen functional groups attached to an aromatic ring is 1. The Morgan fingerprint density at radius 3 is 2.82 bits per heavy atom. The Morgan fingerprint density at radius 2 is 2.12 bits per heavy atom. The van der Waals surface area contributed by atoms with Crippen LogP contribution in [0.1, 0.15) is 11.3 Å². The molecule has 88 valence electrons. The normalized spacial score (nSPS) is 10.2. The number of halogens is 1. The van der Waals surface area contributed by atoms with Crippen molar-refractivity contribution in [3.63, 3.8) is 0 Å². The number of hydrogen-bond acceptors (Lipinski definition) is 3. The summed E-state index contributed by atoms with van der Waals surface area (Å²) in [6.45, 7) is 2.43. The van der Waals surface area contributed by atoms with Crippen LogP contribution in [0, 0.1) is 6.92 Å². The first-order chi connectivity index (χ1) is 8.15. The van der Waals surface area contributed by atoms with Crippen LogP contribution in [-0.2, 0) is 6.61 Å². The summed E-state index contributed by atoms with van der Waals surface area (Å²) in [5.74, 6) is 0.859. The lowest BCUT2D eigenvalue weighted by Crippen LogP contribution is -2.00. The zero-order chi connectivity index (χ0) is 12.3. The quantitative estimate of drug-likeness (QED) is 0.944. The minimum Gasteiger partial charge on any atom is -0.487 e. The molecule has 0 aliphatic heterocycles. The molecule has 0 radical (unpaired) electrons. The molecule has 4 heteroatoms. The van der Waals surface area contributed by atoms with Crippen molar-refractivity contribution < 1.29 is 4.74 Å². The molecule has 0 saturated heterocycles. The van der Waals surface area contributed by atoms with Gasteiger partial charge in [-0.15, -0.1) is 0 Å². The van der Waals surface area contributed by atoms with Crippen LogP contribution in [0.5, 0.6) is 5.75 Å². The second-order valence-electron chi connectivity index (χ2n) is 3.78. The minimum absolute atomic E-state index is 0.424. The van der Waals surface area contributed by atoms with Gasteiger partial charge in [-0.2, -0.15) is 0 Å². The number of hydrogen-bond donors (Lipinski definition) is 1. The van der Waals surface area contributed by atoms with Gasteiger partial charge in [0.05, 0.1) is 5.69 Å². The van der Waals surface area contributed by atoms with Gasteiger partial charge in [-0.3, -0.25) is 4.98 Å². The molecule has 0 aliphatic carbocycles. The Hall–Kier alpha value is -1.55. The number of anilines is 1. The molecule has 0 amide bonds. The van der Waals surface area contributed by atoms with Crippen molar-refractivity contribution in [2.75, 3.05) is 5.73 Å². The van der Waals surface area contributed by atoms with E-state index in [1.807, 2.05) is 31.2 Å². The summed E-state index contributed by atoms with van der Waals surface area (Å²) >= 11 is 3.42. The first-order valence-electron chi connectivity index (χ1n) is 5.24. The molecule has 3 nitrogen and oxygen atoms in total. The Bertz CT molecular complexity index is 529. The van der Waals surface area contributed by atoms with Gasteiger partial charge in [0.15, 0.2) is 0 Å². The number of ether oxygens (including phenoxy) is 1. The van der Waals surface area contributed by atoms with Crippen LogP contribution in [-0.4, -0.2) is 4.98 Å². The van der Waals surface area contributed by atoms with Crippen molar-refractivity contribution in [1.82, 2.24) is 4.98 Å². The van der Waals surface area contributed by atoms with Crippen LogP contribution in [0.2, 0.25) is 0 Å². The average Bonchev–Trinajstić information content (AvgIpc) is 2.28. The molecule has 2 rings (SSSR count). The standard InChI is InChI=1S/C13H13BrN2O/c1-9-6-10(14)2-3-13(9)17-8-12-7-11(15)4-5-16-12/h2-7H,8H2,1H3,(H2,15,16). The highest BCUT2D eigenvalue weighted by molar-refractivity contribution is 9.10. The third-order valence-electron chi connectivity index (χ3n) is 2.35. The average molecular weight is 293 g/mol. The topological polar surface area (TPSA) is 48.1 Å². The molecule has 1 heterocycles. The molecular weight excluding hydrogens is 280 g/mol. The minimum atomic E-state index is 0.424. The molecule has 0 unspecified atom stereocenters. The highest BCUT2D eigenvalue weighted by Crippen LogP contribution is 2.22. The molecule has 0 fully saturated rings. The van der Waals surface area contributed by atoms with Crippen LogP contribution in [0.15, 0.2) is 41.0 Å². The molecule has 0 atom stereocenters. The van der Waals surface area contributed by atoms with Gasteiger partial charge >= 0.3 is 0 Å². The van der Waals surface area contributed by atoms with E-state index in [-0.39, 0.29) is 0 Å². The largest absolute Gasteiger partial charge is 0.487 e. The summed E-state index contributed by atoms with van der Waals surface area (Å²) in [5, 5.41) is 0. The number of nitrogens with zero attached hydrogens (tertiary/aromatic N) is 1. The Balaban J connectivity index is 2.07. The predicted molar refractivity (Wildman–Crippen MR) is 71.9 cm³/mol. The molecule has 1 aromatic carbocycles. The number of pyridine rings is 1. The maximum absolute atomic E-state index is 5.69. The fourth-order valence-electron chi connectivity index (χ4n) is 1.50. The number of benzene rings is 1. The summed E-state index contributed by atoms with van der Waals surface area (Å²) in [7, 11) is 0. The van der Waals surface area contributed by atoms with Gasteiger partial charge in [-0.25, -0.2) is 0 Å². The third kappa shape index (κ3) is 3.20. The van der Waals surface area contributed by atoms with Crippen LogP contribution < -0.4 is 10.5 Å². The third-order valence-corrected chi connectivity index (χ3v) is 2.85. The van der Waals surface area contributed by atoms with Crippen molar-refractivity contribution in [3.8, 4) is 5.75 Å². The van der Waals surface area contributed by atoms with E-state index >= 15 is 0 Å². The Morgan fingerprint density at radius 1 is 1.29 bits per heavy atom. The van der Waals surface area contributed by atoms with Crippen molar-refractivity contribution in [2.24, 2.45) is 0 Å². The van der Waals surface area contributed by atoms with E-state index in [2.05, 4.69) is 20.9 Å². The molecule has 1 aromatic heterocycles.